The first-order valence-electron chi connectivity index (χ1n) is 9.73. The first-order valence-corrected chi connectivity index (χ1v) is 10.1. The van der Waals surface area contributed by atoms with Crippen molar-refractivity contribution < 1.29 is 9.59 Å². The molecule has 0 saturated carbocycles. The third-order valence-electron chi connectivity index (χ3n) is 5.54. The molecule has 5 heteroatoms. The van der Waals surface area contributed by atoms with E-state index in [1.165, 1.54) is 0 Å². The summed E-state index contributed by atoms with van der Waals surface area (Å²) in [4.78, 5) is 26.9. The lowest BCUT2D eigenvalue weighted by Gasteiger charge is -2.20. The first kappa shape index (κ1) is 20.4. The van der Waals surface area contributed by atoms with E-state index in [0.717, 1.165) is 59.4 Å². The number of carbonyl (C=O) groups is 2. The Hall–Kier alpha value is -2.33. The van der Waals surface area contributed by atoms with Crippen molar-refractivity contribution in [2.75, 3.05) is 18.4 Å². The molecule has 0 radical (unpaired) electrons. The van der Waals surface area contributed by atoms with Gasteiger partial charge in [-0.3, -0.25) is 9.59 Å². The number of benzene rings is 2. The number of halogens is 1. The number of rotatable bonds is 5. The number of hydrogen-bond acceptors (Lipinski definition) is 3. The van der Waals surface area contributed by atoms with E-state index in [9.17, 15) is 9.59 Å². The molecule has 1 N–H and O–H groups in total. The van der Waals surface area contributed by atoms with Gasteiger partial charge in [-0.05, 0) is 81.0 Å². The monoisotopic (exact) mass is 398 g/mol. The second-order valence-electron chi connectivity index (χ2n) is 7.59. The molecule has 1 saturated heterocycles. The summed E-state index contributed by atoms with van der Waals surface area (Å²) in [5.41, 5.74) is 6.38. The van der Waals surface area contributed by atoms with Gasteiger partial charge in [-0.2, -0.15) is 0 Å². The molecule has 0 atom stereocenters. The van der Waals surface area contributed by atoms with Gasteiger partial charge in [0.15, 0.2) is 5.78 Å². The highest BCUT2D eigenvalue weighted by Crippen LogP contribution is 2.27. The van der Waals surface area contributed by atoms with E-state index < -0.39 is 0 Å². The van der Waals surface area contributed by atoms with Crippen molar-refractivity contribution in [1.82, 2.24) is 4.90 Å². The number of aryl methyl sites for hydroxylation is 2. The quantitative estimate of drug-likeness (QED) is 0.694. The minimum absolute atomic E-state index is 0.0178. The average Bonchev–Trinajstić information content (AvgIpc) is 3.15. The zero-order chi connectivity index (χ0) is 20.4. The van der Waals surface area contributed by atoms with Crippen LogP contribution in [-0.4, -0.2) is 29.7 Å². The van der Waals surface area contributed by atoms with Gasteiger partial charge in [-0.15, -0.1) is 0 Å². The Morgan fingerprint density at radius 3 is 2.39 bits per heavy atom. The SMILES string of the molecule is CC(=O)c1c(C)cc(C)c(CNc2ccc(Cl)cc2C(=O)N2CCCC2)c1C. The summed E-state index contributed by atoms with van der Waals surface area (Å²) in [6.45, 7) is 9.75. The minimum atomic E-state index is 0.0178. The maximum Gasteiger partial charge on any atom is 0.256 e. The number of ketones is 1. The summed E-state index contributed by atoms with van der Waals surface area (Å²) >= 11 is 6.17. The number of hydrogen-bond donors (Lipinski definition) is 1. The Morgan fingerprint density at radius 2 is 1.75 bits per heavy atom. The van der Waals surface area contributed by atoms with Crippen molar-refractivity contribution in [3.05, 3.63) is 62.7 Å². The lowest BCUT2D eigenvalue weighted by Crippen LogP contribution is -2.28. The summed E-state index contributed by atoms with van der Waals surface area (Å²) in [5.74, 6) is 0.0944. The van der Waals surface area contributed by atoms with Gasteiger partial charge in [-0.1, -0.05) is 17.7 Å². The van der Waals surface area contributed by atoms with E-state index in [2.05, 4.69) is 18.3 Å². The molecule has 2 aromatic rings. The van der Waals surface area contributed by atoms with Gasteiger partial charge >= 0.3 is 0 Å². The molecule has 0 unspecified atom stereocenters. The Kier molecular flexibility index (Phi) is 6.09. The highest BCUT2D eigenvalue weighted by Gasteiger charge is 2.22. The van der Waals surface area contributed by atoms with Crippen molar-refractivity contribution in [2.45, 2.75) is 47.1 Å². The number of Topliss-reactive ketones (excluding diaryl/α,β-unsaturated/α-hetero) is 1. The van der Waals surface area contributed by atoms with Crippen LogP contribution >= 0.6 is 11.6 Å². The molecule has 1 heterocycles. The first-order chi connectivity index (χ1) is 13.3. The van der Waals surface area contributed by atoms with Crippen molar-refractivity contribution in [1.29, 1.82) is 0 Å². The largest absolute Gasteiger partial charge is 0.380 e. The topological polar surface area (TPSA) is 49.4 Å². The molecule has 148 valence electrons. The summed E-state index contributed by atoms with van der Waals surface area (Å²) in [6, 6.07) is 7.44. The summed E-state index contributed by atoms with van der Waals surface area (Å²) < 4.78 is 0. The van der Waals surface area contributed by atoms with Crippen LogP contribution in [-0.2, 0) is 6.54 Å². The smallest absolute Gasteiger partial charge is 0.256 e. The fourth-order valence-corrected chi connectivity index (χ4v) is 4.33. The van der Waals surface area contributed by atoms with Gasteiger partial charge < -0.3 is 10.2 Å². The molecule has 28 heavy (non-hydrogen) atoms. The average molecular weight is 399 g/mol. The Labute approximate surface area is 171 Å². The van der Waals surface area contributed by atoms with Gasteiger partial charge in [0.2, 0.25) is 0 Å². The molecular formula is C23H27ClN2O2. The van der Waals surface area contributed by atoms with Crippen LogP contribution < -0.4 is 5.32 Å². The fourth-order valence-electron chi connectivity index (χ4n) is 4.16. The maximum atomic E-state index is 12.9. The maximum absolute atomic E-state index is 12.9. The number of amides is 1. The zero-order valence-electron chi connectivity index (χ0n) is 17.0. The standard InChI is InChI=1S/C23H27ClN2O2/c1-14-11-15(2)22(17(4)27)16(3)20(14)13-25-21-8-7-18(24)12-19(21)23(28)26-9-5-6-10-26/h7-8,11-12,25H,5-6,9-10,13H2,1-4H3. The third kappa shape index (κ3) is 4.07. The molecular weight excluding hydrogens is 372 g/mol. The molecule has 0 bridgehead atoms. The van der Waals surface area contributed by atoms with Crippen LogP contribution in [0.5, 0.6) is 0 Å². The molecule has 0 aliphatic carbocycles. The second kappa shape index (κ2) is 8.36. The molecule has 0 spiro atoms. The van der Waals surface area contributed by atoms with Gasteiger partial charge in [0.25, 0.3) is 5.91 Å². The van der Waals surface area contributed by atoms with Crippen LogP contribution in [0.2, 0.25) is 5.02 Å². The number of carbonyl (C=O) groups excluding carboxylic acids is 2. The lowest BCUT2D eigenvalue weighted by atomic mass is 9.91. The van der Waals surface area contributed by atoms with Gasteiger partial charge in [-0.25, -0.2) is 0 Å². The molecule has 0 aromatic heterocycles. The number of anilines is 1. The summed E-state index contributed by atoms with van der Waals surface area (Å²) in [7, 11) is 0. The van der Waals surface area contributed by atoms with Crippen molar-refractivity contribution in [3.63, 3.8) is 0 Å². The molecule has 2 aromatic carbocycles. The van der Waals surface area contributed by atoms with Crippen LogP contribution in [0, 0.1) is 20.8 Å². The molecule has 1 aliphatic rings. The normalized spacial score (nSPS) is 13.7. The van der Waals surface area contributed by atoms with Gasteiger partial charge in [0.1, 0.15) is 0 Å². The summed E-state index contributed by atoms with van der Waals surface area (Å²) in [6.07, 6.45) is 2.09. The number of nitrogens with one attached hydrogen (secondary N) is 1. The van der Waals surface area contributed by atoms with Crippen molar-refractivity contribution in [2.24, 2.45) is 0 Å². The van der Waals surface area contributed by atoms with Crippen LogP contribution in [0.25, 0.3) is 0 Å². The van der Waals surface area contributed by atoms with E-state index in [1.54, 1.807) is 19.1 Å². The Morgan fingerprint density at radius 1 is 1.07 bits per heavy atom. The molecule has 1 fully saturated rings. The number of nitrogens with zero attached hydrogens (tertiary/aromatic N) is 1. The summed E-state index contributed by atoms with van der Waals surface area (Å²) in [5, 5.41) is 3.96. The van der Waals surface area contributed by atoms with E-state index >= 15 is 0 Å². The molecule has 1 aliphatic heterocycles. The van der Waals surface area contributed by atoms with Gasteiger partial charge in [0.05, 0.1) is 5.56 Å². The van der Waals surface area contributed by atoms with E-state index in [0.29, 0.717) is 17.1 Å². The molecule has 4 nitrogen and oxygen atoms in total. The molecule has 3 rings (SSSR count). The number of likely N-dealkylation sites (tertiary alicyclic amines) is 1. The highest BCUT2D eigenvalue weighted by atomic mass is 35.5. The predicted molar refractivity (Wildman–Crippen MR) is 115 cm³/mol. The van der Waals surface area contributed by atoms with Crippen LogP contribution in [0.15, 0.2) is 24.3 Å². The van der Waals surface area contributed by atoms with E-state index in [-0.39, 0.29) is 11.7 Å². The Bertz CT molecular complexity index is 931. The predicted octanol–water partition coefficient (Wildman–Crippen LogP) is 5.32. The third-order valence-corrected chi connectivity index (χ3v) is 5.78. The fraction of sp³-hybridized carbons (Fsp3) is 0.391. The van der Waals surface area contributed by atoms with E-state index in [4.69, 9.17) is 11.6 Å². The highest BCUT2D eigenvalue weighted by molar-refractivity contribution is 6.31. The van der Waals surface area contributed by atoms with Crippen molar-refractivity contribution in [3.8, 4) is 0 Å². The van der Waals surface area contributed by atoms with Crippen LogP contribution in [0.1, 0.15) is 62.7 Å². The van der Waals surface area contributed by atoms with Crippen LogP contribution in [0.4, 0.5) is 5.69 Å². The Balaban J connectivity index is 1.91. The second-order valence-corrected chi connectivity index (χ2v) is 8.02. The van der Waals surface area contributed by atoms with Crippen molar-refractivity contribution >= 4 is 29.0 Å². The van der Waals surface area contributed by atoms with E-state index in [1.807, 2.05) is 24.8 Å². The minimum Gasteiger partial charge on any atom is -0.380 e. The zero-order valence-corrected chi connectivity index (χ0v) is 17.7. The lowest BCUT2D eigenvalue weighted by molar-refractivity contribution is 0.0793. The van der Waals surface area contributed by atoms with Crippen LogP contribution in [0.3, 0.4) is 0 Å². The van der Waals surface area contributed by atoms with Gasteiger partial charge in [0, 0.05) is 35.9 Å². The molecule has 1 amide bonds.